The first-order chi connectivity index (χ1) is 11.2. The molecule has 0 amide bonds. The van der Waals surface area contributed by atoms with E-state index in [1.54, 1.807) is 7.11 Å². The van der Waals surface area contributed by atoms with Crippen LogP contribution in [0.25, 0.3) is 0 Å². The minimum absolute atomic E-state index is 0.247. The Balaban J connectivity index is 2.02. The zero-order valence-electron chi connectivity index (χ0n) is 15.8. The number of aryl methyl sites for hydroxylation is 1. The molecule has 0 N–H and O–H groups in total. The minimum atomic E-state index is -0.351. The van der Waals surface area contributed by atoms with Crippen LogP contribution >= 0.6 is 0 Å². The fraction of sp³-hybridized carbons (Fsp3) is 0.684. The van der Waals surface area contributed by atoms with Crippen LogP contribution in [0.15, 0.2) is 12.1 Å². The van der Waals surface area contributed by atoms with Crippen molar-refractivity contribution in [2.24, 2.45) is 0 Å². The van der Waals surface area contributed by atoms with Crippen molar-refractivity contribution in [3.8, 4) is 5.75 Å². The quantitative estimate of drug-likeness (QED) is 0.625. The highest BCUT2D eigenvalue weighted by atomic mass is 16.7. The molecule has 5 heteroatoms. The molecule has 3 rings (SSSR count). The van der Waals surface area contributed by atoms with Gasteiger partial charge in [0, 0.05) is 7.11 Å². The second-order valence-corrected chi connectivity index (χ2v) is 8.02. The van der Waals surface area contributed by atoms with Crippen LogP contribution in [0.2, 0.25) is 0 Å². The van der Waals surface area contributed by atoms with Gasteiger partial charge < -0.3 is 18.8 Å². The van der Waals surface area contributed by atoms with Crippen LogP contribution in [-0.4, -0.2) is 32.2 Å². The minimum Gasteiger partial charge on any atom is -0.468 e. The van der Waals surface area contributed by atoms with E-state index < -0.39 is 0 Å². The van der Waals surface area contributed by atoms with Crippen molar-refractivity contribution in [2.45, 2.75) is 71.0 Å². The van der Waals surface area contributed by atoms with E-state index in [2.05, 4.69) is 46.8 Å². The summed E-state index contributed by atoms with van der Waals surface area (Å²) in [4.78, 5) is 0. The Hall–Kier alpha value is -1.04. The molecule has 0 aromatic heterocycles. The lowest BCUT2D eigenvalue weighted by atomic mass is 9.68. The molecule has 1 fully saturated rings. The first-order valence-corrected chi connectivity index (χ1v) is 8.89. The highest BCUT2D eigenvalue weighted by molar-refractivity contribution is 6.62. The predicted octanol–water partition coefficient (Wildman–Crippen LogP) is 3.41. The molecule has 1 aromatic carbocycles. The van der Waals surface area contributed by atoms with Gasteiger partial charge in [0.2, 0.25) is 0 Å². The molecule has 1 atom stereocenters. The van der Waals surface area contributed by atoms with Gasteiger partial charge in [-0.25, -0.2) is 0 Å². The number of rotatable bonds is 4. The van der Waals surface area contributed by atoms with Gasteiger partial charge in [0.15, 0.2) is 6.79 Å². The van der Waals surface area contributed by atoms with Gasteiger partial charge in [-0.3, -0.25) is 0 Å². The molecule has 1 unspecified atom stereocenters. The van der Waals surface area contributed by atoms with Gasteiger partial charge in [-0.2, -0.15) is 0 Å². The molecular formula is C19H29BO4. The molecule has 1 aliphatic heterocycles. The molecule has 0 spiro atoms. The molecule has 132 valence electrons. The molecule has 0 bridgehead atoms. The summed E-state index contributed by atoms with van der Waals surface area (Å²) in [5.74, 6) is 1.34. The zero-order chi connectivity index (χ0) is 17.5. The van der Waals surface area contributed by atoms with Crippen molar-refractivity contribution in [2.75, 3.05) is 13.9 Å². The normalized spacial score (nSPS) is 24.8. The van der Waals surface area contributed by atoms with Crippen LogP contribution in [0.3, 0.4) is 0 Å². The second kappa shape index (κ2) is 6.36. The molecule has 0 radical (unpaired) electrons. The maximum Gasteiger partial charge on any atom is 0.495 e. The fourth-order valence-electron chi connectivity index (χ4n) is 3.63. The molecule has 1 aromatic rings. The summed E-state index contributed by atoms with van der Waals surface area (Å²) < 4.78 is 23.4. The lowest BCUT2D eigenvalue weighted by Gasteiger charge is -2.32. The van der Waals surface area contributed by atoms with Crippen LogP contribution < -0.4 is 10.2 Å². The average Bonchev–Trinajstić information content (AvgIpc) is 2.72. The first-order valence-electron chi connectivity index (χ1n) is 8.89. The van der Waals surface area contributed by atoms with Crippen molar-refractivity contribution in [1.82, 2.24) is 0 Å². The van der Waals surface area contributed by atoms with Crippen molar-refractivity contribution in [3.05, 3.63) is 23.3 Å². The van der Waals surface area contributed by atoms with Gasteiger partial charge in [-0.1, -0.05) is 6.92 Å². The second-order valence-electron chi connectivity index (χ2n) is 8.02. The van der Waals surface area contributed by atoms with E-state index >= 15 is 0 Å². The third-order valence-electron chi connectivity index (χ3n) is 5.70. The summed E-state index contributed by atoms with van der Waals surface area (Å²) in [6.07, 6.45) is 3.50. The topological polar surface area (TPSA) is 36.9 Å². The largest absolute Gasteiger partial charge is 0.495 e. The first kappa shape index (κ1) is 17.8. The number of ether oxygens (including phenoxy) is 2. The van der Waals surface area contributed by atoms with Crippen molar-refractivity contribution in [1.29, 1.82) is 0 Å². The van der Waals surface area contributed by atoms with Gasteiger partial charge in [0.05, 0.1) is 11.2 Å². The summed E-state index contributed by atoms with van der Waals surface area (Å²) >= 11 is 0. The summed E-state index contributed by atoms with van der Waals surface area (Å²) in [7, 11) is 1.28. The van der Waals surface area contributed by atoms with Gasteiger partial charge in [-0.15, -0.1) is 0 Å². The summed E-state index contributed by atoms with van der Waals surface area (Å²) in [5, 5.41) is 0. The molecule has 24 heavy (non-hydrogen) atoms. The van der Waals surface area contributed by atoms with Crippen LogP contribution in [0, 0.1) is 0 Å². The summed E-state index contributed by atoms with van der Waals surface area (Å²) in [6.45, 7) is 10.9. The van der Waals surface area contributed by atoms with Gasteiger partial charge in [-0.05, 0) is 81.6 Å². The Morgan fingerprint density at radius 2 is 1.83 bits per heavy atom. The molecule has 1 heterocycles. The molecule has 2 aliphatic rings. The Morgan fingerprint density at radius 3 is 2.46 bits per heavy atom. The standard InChI is InChI=1S/C19H29BO4/c1-13-8-7-9-14-10-15(22-12-21-6)11-16(17(13)14)20-23-18(2,3)19(4,5)24-20/h10-11,13H,7-9,12H2,1-6H3. The molecule has 1 aliphatic carbocycles. The lowest BCUT2D eigenvalue weighted by Crippen LogP contribution is -2.41. The van der Waals surface area contributed by atoms with Gasteiger partial charge in [0.1, 0.15) is 5.75 Å². The Bertz CT molecular complexity index is 596. The van der Waals surface area contributed by atoms with E-state index in [0.29, 0.717) is 5.92 Å². The molecule has 4 nitrogen and oxygen atoms in total. The van der Waals surface area contributed by atoms with E-state index in [4.69, 9.17) is 18.8 Å². The Morgan fingerprint density at radius 1 is 1.17 bits per heavy atom. The van der Waals surface area contributed by atoms with Crippen LogP contribution in [0.1, 0.15) is 64.5 Å². The highest BCUT2D eigenvalue weighted by Gasteiger charge is 2.52. The third-order valence-corrected chi connectivity index (χ3v) is 5.70. The Kier molecular flexibility index (Phi) is 4.71. The monoisotopic (exact) mass is 332 g/mol. The van der Waals surface area contributed by atoms with E-state index in [1.165, 1.54) is 24.0 Å². The third kappa shape index (κ3) is 3.09. The maximum absolute atomic E-state index is 6.31. The van der Waals surface area contributed by atoms with E-state index in [0.717, 1.165) is 17.6 Å². The fourth-order valence-corrected chi connectivity index (χ4v) is 3.63. The smallest absolute Gasteiger partial charge is 0.468 e. The average molecular weight is 332 g/mol. The van der Waals surface area contributed by atoms with Crippen molar-refractivity contribution in [3.63, 3.8) is 0 Å². The van der Waals surface area contributed by atoms with Crippen molar-refractivity contribution >= 4 is 12.6 Å². The van der Waals surface area contributed by atoms with E-state index in [1.807, 2.05) is 0 Å². The van der Waals surface area contributed by atoms with Crippen molar-refractivity contribution < 1.29 is 18.8 Å². The number of hydrogen-bond donors (Lipinski definition) is 0. The maximum atomic E-state index is 6.31. The van der Waals surface area contributed by atoms with Gasteiger partial charge >= 0.3 is 7.12 Å². The highest BCUT2D eigenvalue weighted by Crippen LogP contribution is 2.39. The molecular weight excluding hydrogens is 303 g/mol. The van der Waals surface area contributed by atoms with Gasteiger partial charge in [0.25, 0.3) is 0 Å². The molecule has 0 saturated carbocycles. The number of methoxy groups -OCH3 is 1. The SMILES string of the molecule is COCOc1cc2c(c(B3OC(C)(C)C(C)(C)O3)c1)C(C)CCC2. The Labute approximate surface area is 146 Å². The lowest BCUT2D eigenvalue weighted by molar-refractivity contribution is 0.00578. The number of benzene rings is 1. The summed E-state index contributed by atoms with van der Waals surface area (Å²) in [5.41, 5.74) is 3.17. The van der Waals surface area contributed by atoms with E-state index in [9.17, 15) is 0 Å². The van der Waals surface area contributed by atoms with Crippen LogP contribution in [-0.2, 0) is 20.5 Å². The van der Waals surface area contributed by atoms with E-state index in [-0.39, 0.29) is 25.1 Å². The predicted molar refractivity (Wildman–Crippen MR) is 96.0 cm³/mol. The summed E-state index contributed by atoms with van der Waals surface area (Å²) in [6, 6.07) is 4.22. The van der Waals surface area contributed by atoms with Crippen LogP contribution in [0.5, 0.6) is 5.75 Å². The van der Waals surface area contributed by atoms with Crippen LogP contribution in [0.4, 0.5) is 0 Å². The molecule has 1 saturated heterocycles. The number of hydrogen-bond acceptors (Lipinski definition) is 4. The zero-order valence-corrected chi connectivity index (χ0v) is 15.8. The number of fused-ring (bicyclic) bond motifs is 1.